The lowest BCUT2D eigenvalue weighted by molar-refractivity contribution is 0.267. The van der Waals surface area contributed by atoms with E-state index in [-0.39, 0.29) is 5.69 Å². The summed E-state index contributed by atoms with van der Waals surface area (Å²) in [5.41, 5.74) is 3.13. The molecule has 24 heavy (non-hydrogen) atoms. The van der Waals surface area contributed by atoms with Crippen LogP contribution in [-0.4, -0.2) is 22.1 Å². The number of hydrogen-bond donors (Lipinski definition) is 3. The number of fused-ring (bicyclic) bond motifs is 3. The van der Waals surface area contributed by atoms with Gasteiger partial charge in [-0.1, -0.05) is 12.5 Å². The number of aromatic nitrogens is 2. The molecule has 0 saturated heterocycles. The standard InChI is InChI=1S/C20H27N3O/c24-20-22-17-8-5-14(11-19(17)23-20)13-3-6-16(7-4-13)21-18-10-12-1-2-15(18)9-12/h5,8,11-13,15-16,18,21H,1-4,6-7,9-10H2,(H2,22,23,24). The summed E-state index contributed by atoms with van der Waals surface area (Å²) < 4.78 is 0. The summed E-state index contributed by atoms with van der Waals surface area (Å²) in [5.74, 6) is 2.64. The van der Waals surface area contributed by atoms with Gasteiger partial charge < -0.3 is 15.3 Å². The first-order valence-corrected chi connectivity index (χ1v) is 9.72. The molecule has 2 aromatic rings. The van der Waals surface area contributed by atoms with Gasteiger partial charge in [0.25, 0.3) is 0 Å². The SMILES string of the molecule is O=c1[nH]c2ccc(C3CCC(NC4CC5CCC4C5)CC3)cc2[nH]1. The Morgan fingerprint density at radius 1 is 0.917 bits per heavy atom. The van der Waals surface area contributed by atoms with Gasteiger partial charge in [0.1, 0.15) is 0 Å². The maximum absolute atomic E-state index is 11.4. The Kier molecular flexibility index (Phi) is 3.55. The molecule has 3 atom stereocenters. The maximum atomic E-state index is 11.4. The zero-order valence-electron chi connectivity index (χ0n) is 14.2. The molecule has 3 unspecified atom stereocenters. The molecule has 0 aliphatic heterocycles. The van der Waals surface area contributed by atoms with Crippen molar-refractivity contribution in [2.24, 2.45) is 11.8 Å². The highest BCUT2D eigenvalue weighted by Crippen LogP contribution is 2.45. The average Bonchev–Trinajstić information content (AvgIpc) is 3.29. The molecule has 5 rings (SSSR count). The van der Waals surface area contributed by atoms with Gasteiger partial charge in [-0.25, -0.2) is 4.79 Å². The molecule has 4 nitrogen and oxygen atoms in total. The van der Waals surface area contributed by atoms with Crippen molar-refractivity contribution in [1.29, 1.82) is 0 Å². The summed E-state index contributed by atoms with van der Waals surface area (Å²) in [4.78, 5) is 17.1. The van der Waals surface area contributed by atoms with Gasteiger partial charge in [0.05, 0.1) is 11.0 Å². The molecule has 2 bridgehead atoms. The molecule has 0 amide bonds. The van der Waals surface area contributed by atoms with Crippen molar-refractivity contribution in [3.63, 3.8) is 0 Å². The molecule has 0 radical (unpaired) electrons. The Morgan fingerprint density at radius 3 is 2.50 bits per heavy atom. The minimum atomic E-state index is -0.110. The predicted octanol–water partition coefficient (Wildman–Crippen LogP) is 3.66. The highest BCUT2D eigenvalue weighted by Gasteiger charge is 2.40. The van der Waals surface area contributed by atoms with Crippen LogP contribution in [-0.2, 0) is 0 Å². The topological polar surface area (TPSA) is 60.7 Å². The maximum Gasteiger partial charge on any atom is 0.323 e. The monoisotopic (exact) mass is 325 g/mol. The van der Waals surface area contributed by atoms with Crippen molar-refractivity contribution < 1.29 is 0 Å². The first-order chi connectivity index (χ1) is 11.7. The van der Waals surface area contributed by atoms with Crippen molar-refractivity contribution in [2.75, 3.05) is 0 Å². The first kappa shape index (κ1) is 14.8. The number of imidazole rings is 1. The van der Waals surface area contributed by atoms with Crippen molar-refractivity contribution in [3.05, 3.63) is 34.2 Å². The molecule has 3 aliphatic rings. The lowest BCUT2D eigenvalue weighted by Crippen LogP contribution is -2.42. The first-order valence-electron chi connectivity index (χ1n) is 9.72. The second kappa shape index (κ2) is 5.76. The lowest BCUT2D eigenvalue weighted by atomic mass is 9.81. The van der Waals surface area contributed by atoms with Crippen LogP contribution in [0.1, 0.15) is 62.8 Å². The van der Waals surface area contributed by atoms with Crippen LogP contribution >= 0.6 is 0 Å². The van der Waals surface area contributed by atoms with Crippen LogP contribution in [0, 0.1) is 11.8 Å². The van der Waals surface area contributed by atoms with Crippen LogP contribution in [0.3, 0.4) is 0 Å². The summed E-state index contributed by atoms with van der Waals surface area (Å²) in [6, 6.07) is 7.94. The van der Waals surface area contributed by atoms with Gasteiger partial charge in [0, 0.05) is 12.1 Å². The fraction of sp³-hybridized carbons (Fsp3) is 0.650. The molecule has 3 N–H and O–H groups in total. The summed E-state index contributed by atoms with van der Waals surface area (Å²) in [6.45, 7) is 0. The highest BCUT2D eigenvalue weighted by molar-refractivity contribution is 5.75. The molecule has 4 heteroatoms. The normalized spacial score (nSPS) is 35.8. The number of nitrogens with one attached hydrogen (secondary N) is 3. The third-order valence-corrected chi connectivity index (χ3v) is 6.93. The van der Waals surface area contributed by atoms with Crippen LogP contribution in [0.2, 0.25) is 0 Å². The Balaban J connectivity index is 1.22. The van der Waals surface area contributed by atoms with Gasteiger partial charge >= 0.3 is 5.69 Å². The van der Waals surface area contributed by atoms with Crippen LogP contribution < -0.4 is 11.0 Å². The molecule has 1 aromatic carbocycles. The lowest BCUT2D eigenvalue weighted by Gasteiger charge is -2.34. The van der Waals surface area contributed by atoms with E-state index in [1.807, 2.05) is 6.07 Å². The molecule has 128 valence electrons. The highest BCUT2D eigenvalue weighted by atomic mass is 16.1. The smallest absolute Gasteiger partial charge is 0.311 e. The summed E-state index contributed by atoms with van der Waals surface area (Å²) in [6.07, 6.45) is 11.0. The third kappa shape index (κ3) is 2.61. The Hall–Kier alpha value is -1.55. The molecule has 3 aliphatic carbocycles. The molecule has 1 aromatic heterocycles. The molecular weight excluding hydrogens is 298 g/mol. The van der Waals surface area contributed by atoms with Gasteiger partial charge in [-0.15, -0.1) is 0 Å². The van der Waals surface area contributed by atoms with Crippen molar-refractivity contribution in [2.45, 2.75) is 69.4 Å². The number of H-pyrrole nitrogens is 2. The zero-order chi connectivity index (χ0) is 16.1. The van der Waals surface area contributed by atoms with Crippen LogP contribution in [0.4, 0.5) is 0 Å². The van der Waals surface area contributed by atoms with Crippen LogP contribution in [0.25, 0.3) is 11.0 Å². The van der Waals surface area contributed by atoms with Gasteiger partial charge in [-0.2, -0.15) is 0 Å². The minimum absolute atomic E-state index is 0.110. The van der Waals surface area contributed by atoms with Crippen LogP contribution in [0.5, 0.6) is 0 Å². The van der Waals surface area contributed by atoms with Gasteiger partial charge in [-0.3, -0.25) is 0 Å². The van der Waals surface area contributed by atoms with Crippen molar-refractivity contribution in [1.82, 2.24) is 15.3 Å². The second-order valence-electron chi connectivity index (χ2n) is 8.38. The fourth-order valence-corrected chi connectivity index (χ4v) is 5.65. The van der Waals surface area contributed by atoms with Gasteiger partial charge in [-0.05, 0) is 80.4 Å². The molecular formula is C20H27N3O. The van der Waals surface area contributed by atoms with Crippen molar-refractivity contribution in [3.8, 4) is 0 Å². The third-order valence-electron chi connectivity index (χ3n) is 6.93. The average molecular weight is 325 g/mol. The van der Waals surface area contributed by atoms with E-state index < -0.39 is 0 Å². The minimum Gasteiger partial charge on any atom is -0.311 e. The Labute approximate surface area is 142 Å². The fourth-order valence-electron chi connectivity index (χ4n) is 5.65. The van der Waals surface area contributed by atoms with Crippen LogP contribution in [0.15, 0.2) is 23.0 Å². The predicted molar refractivity (Wildman–Crippen MR) is 96.3 cm³/mol. The van der Waals surface area contributed by atoms with E-state index in [0.717, 1.165) is 35.0 Å². The number of hydrogen-bond acceptors (Lipinski definition) is 2. The number of aromatic amines is 2. The Morgan fingerprint density at radius 2 is 1.75 bits per heavy atom. The Bertz CT molecular complexity index is 784. The summed E-state index contributed by atoms with van der Waals surface area (Å²) in [5, 5.41) is 4.00. The number of rotatable bonds is 3. The van der Waals surface area contributed by atoms with Gasteiger partial charge in [0.15, 0.2) is 0 Å². The van der Waals surface area contributed by atoms with E-state index in [0.29, 0.717) is 5.92 Å². The quantitative estimate of drug-likeness (QED) is 0.806. The van der Waals surface area contributed by atoms with E-state index >= 15 is 0 Å². The van der Waals surface area contributed by atoms with E-state index in [2.05, 4.69) is 27.4 Å². The van der Waals surface area contributed by atoms with E-state index in [1.54, 1.807) is 0 Å². The van der Waals surface area contributed by atoms with E-state index in [9.17, 15) is 4.79 Å². The molecule has 0 spiro atoms. The van der Waals surface area contributed by atoms with E-state index in [1.165, 1.54) is 56.9 Å². The molecule has 3 saturated carbocycles. The number of benzene rings is 1. The molecule has 3 fully saturated rings. The molecule has 1 heterocycles. The largest absolute Gasteiger partial charge is 0.323 e. The van der Waals surface area contributed by atoms with Gasteiger partial charge in [0.2, 0.25) is 0 Å². The summed E-state index contributed by atoms with van der Waals surface area (Å²) in [7, 11) is 0. The summed E-state index contributed by atoms with van der Waals surface area (Å²) >= 11 is 0. The van der Waals surface area contributed by atoms with Crippen molar-refractivity contribution >= 4 is 11.0 Å². The zero-order valence-corrected chi connectivity index (χ0v) is 14.2. The van der Waals surface area contributed by atoms with E-state index in [4.69, 9.17) is 0 Å². The second-order valence-corrected chi connectivity index (χ2v) is 8.38.